The first-order valence-corrected chi connectivity index (χ1v) is 9.31. The van der Waals surface area contributed by atoms with Gasteiger partial charge in [0, 0.05) is 17.7 Å². The first-order valence-electron chi connectivity index (χ1n) is 9.31. The van der Waals surface area contributed by atoms with Crippen LogP contribution in [-0.4, -0.2) is 28.8 Å². The van der Waals surface area contributed by atoms with E-state index in [1.165, 1.54) is 18.2 Å². The molecule has 0 aromatic heterocycles. The lowest BCUT2D eigenvalue weighted by atomic mass is 9.74. The van der Waals surface area contributed by atoms with E-state index in [2.05, 4.69) is 5.32 Å². The number of aliphatic hydroxyl groups is 1. The van der Waals surface area contributed by atoms with E-state index in [1.807, 2.05) is 13.0 Å². The summed E-state index contributed by atoms with van der Waals surface area (Å²) in [4.78, 5) is 24.1. The molecule has 30 heavy (non-hydrogen) atoms. The van der Waals surface area contributed by atoms with E-state index in [1.54, 1.807) is 32.0 Å². The van der Waals surface area contributed by atoms with Crippen molar-refractivity contribution in [2.75, 3.05) is 5.32 Å². The lowest BCUT2D eigenvalue weighted by Crippen LogP contribution is -2.57. The Morgan fingerprint density at radius 2 is 1.87 bits per heavy atom. The number of hydrogen-bond donors (Lipinski definition) is 2. The smallest absolute Gasteiger partial charge is 0.426 e. The lowest BCUT2D eigenvalue weighted by molar-refractivity contribution is -0.254. The van der Waals surface area contributed by atoms with Crippen LogP contribution in [0.4, 0.5) is 18.9 Å². The first-order chi connectivity index (χ1) is 13.8. The standard InChI is InChI=1S/C22H22F3NO4/c1-13-5-4-6-15(9-13)20(2,3)12-21(29,22(23,24)25)19(28)26-16-7-8-17-14(10-16)11-30-18(17)27/h4-10,29H,11-12H2,1-3H3,(H,26,28). The fourth-order valence-electron chi connectivity index (χ4n) is 3.56. The zero-order chi connectivity index (χ0) is 22.3. The number of carbonyl (C=O) groups is 2. The van der Waals surface area contributed by atoms with E-state index >= 15 is 0 Å². The van der Waals surface area contributed by atoms with Crippen molar-refractivity contribution in [3.05, 3.63) is 64.7 Å². The van der Waals surface area contributed by atoms with Crippen molar-refractivity contribution in [3.8, 4) is 0 Å². The number of ether oxygens (including phenoxy) is 1. The molecule has 160 valence electrons. The van der Waals surface area contributed by atoms with Gasteiger partial charge in [0.1, 0.15) is 6.61 Å². The van der Waals surface area contributed by atoms with Gasteiger partial charge in [-0.2, -0.15) is 13.2 Å². The van der Waals surface area contributed by atoms with Gasteiger partial charge in [0.05, 0.1) is 5.56 Å². The van der Waals surface area contributed by atoms with Crippen molar-refractivity contribution in [2.45, 2.75) is 51.0 Å². The van der Waals surface area contributed by atoms with Crippen molar-refractivity contribution in [1.29, 1.82) is 0 Å². The SMILES string of the molecule is Cc1cccc(C(C)(C)CC(O)(C(=O)Nc2ccc3c(c2)COC3=O)C(F)(F)F)c1. The molecule has 0 radical (unpaired) electrons. The molecule has 1 amide bonds. The van der Waals surface area contributed by atoms with Crippen molar-refractivity contribution in [1.82, 2.24) is 0 Å². The van der Waals surface area contributed by atoms with Crippen LogP contribution in [0.1, 0.15) is 47.3 Å². The fourth-order valence-corrected chi connectivity index (χ4v) is 3.56. The highest BCUT2D eigenvalue weighted by Crippen LogP contribution is 2.42. The summed E-state index contributed by atoms with van der Waals surface area (Å²) in [7, 11) is 0. The molecule has 2 N–H and O–H groups in total. The number of cyclic esters (lactones) is 1. The van der Waals surface area contributed by atoms with Crippen molar-refractivity contribution in [2.24, 2.45) is 0 Å². The number of fused-ring (bicyclic) bond motifs is 1. The molecule has 2 aromatic carbocycles. The maximum Gasteiger partial charge on any atom is 0.426 e. The topological polar surface area (TPSA) is 75.6 Å². The summed E-state index contributed by atoms with van der Waals surface area (Å²) in [6, 6.07) is 10.9. The molecular formula is C22H22F3NO4. The highest BCUT2D eigenvalue weighted by molar-refractivity contribution is 5.99. The molecule has 0 saturated heterocycles. The van der Waals surface area contributed by atoms with E-state index in [-0.39, 0.29) is 12.3 Å². The first kappa shape index (κ1) is 21.8. The number of alkyl halides is 3. The minimum Gasteiger partial charge on any atom is -0.457 e. The van der Waals surface area contributed by atoms with Gasteiger partial charge in [-0.15, -0.1) is 0 Å². The summed E-state index contributed by atoms with van der Waals surface area (Å²) in [5.41, 5.74) is -2.56. The average molecular weight is 421 g/mol. The van der Waals surface area contributed by atoms with Gasteiger partial charge in [-0.1, -0.05) is 43.7 Å². The van der Waals surface area contributed by atoms with Gasteiger partial charge in [0.15, 0.2) is 0 Å². The Labute approximate surface area is 171 Å². The number of aryl methyl sites for hydroxylation is 1. The zero-order valence-corrected chi connectivity index (χ0v) is 16.8. The van der Waals surface area contributed by atoms with Crippen LogP contribution < -0.4 is 5.32 Å². The van der Waals surface area contributed by atoms with Crippen LogP contribution in [-0.2, 0) is 21.6 Å². The number of hydrogen-bond acceptors (Lipinski definition) is 4. The van der Waals surface area contributed by atoms with Gasteiger partial charge in [-0.05, 0) is 36.1 Å². The van der Waals surface area contributed by atoms with E-state index in [9.17, 15) is 27.9 Å². The molecule has 2 aromatic rings. The molecule has 8 heteroatoms. The Morgan fingerprint density at radius 1 is 1.17 bits per heavy atom. The Balaban J connectivity index is 1.89. The molecule has 3 rings (SSSR count). The van der Waals surface area contributed by atoms with Gasteiger partial charge in [0.2, 0.25) is 5.60 Å². The number of carbonyl (C=O) groups excluding carboxylic acids is 2. The van der Waals surface area contributed by atoms with Gasteiger partial charge in [0.25, 0.3) is 5.91 Å². The summed E-state index contributed by atoms with van der Waals surface area (Å²) in [6.45, 7) is 4.88. The Kier molecular flexibility index (Phi) is 5.41. The molecule has 1 aliphatic rings. The maximum absolute atomic E-state index is 13.9. The highest BCUT2D eigenvalue weighted by atomic mass is 19.4. The van der Waals surface area contributed by atoms with Gasteiger partial charge in [-0.25, -0.2) is 4.79 Å². The van der Waals surface area contributed by atoms with E-state index in [4.69, 9.17) is 4.74 Å². The average Bonchev–Trinajstić information content (AvgIpc) is 3.00. The molecule has 1 aliphatic heterocycles. The zero-order valence-electron chi connectivity index (χ0n) is 16.8. The third-order valence-electron chi connectivity index (χ3n) is 5.28. The van der Waals surface area contributed by atoms with E-state index in [0.29, 0.717) is 16.7 Å². The summed E-state index contributed by atoms with van der Waals surface area (Å²) < 4.78 is 46.5. The maximum atomic E-state index is 13.9. The minimum absolute atomic E-state index is 0.0260. The second kappa shape index (κ2) is 7.43. The molecule has 1 atom stereocenters. The quantitative estimate of drug-likeness (QED) is 0.708. The monoisotopic (exact) mass is 421 g/mol. The summed E-state index contributed by atoms with van der Waals surface area (Å²) in [6.07, 6.45) is -6.07. The summed E-state index contributed by atoms with van der Waals surface area (Å²) >= 11 is 0. The molecule has 5 nitrogen and oxygen atoms in total. The van der Waals surface area contributed by atoms with E-state index < -0.39 is 35.5 Å². The van der Waals surface area contributed by atoms with Crippen molar-refractivity contribution >= 4 is 17.6 Å². The van der Waals surface area contributed by atoms with Gasteiger partial charge in [-0.3, -0.25) is 4.79 Å². The largest absolute Gasteiger partial charge is 0.457 e. The number of anilines is 1. The fraction of sp³-hybridized carbons (Fsp3) is 0.364. The number of benzene rings is 2. The van der Waals surface area contributed by atoms with Crippen molar-refractivity contribution < 1.29 is 32.6 Å². The number of amides is 1. The Bertz CT molecular complexity index is 1000. The lowest BCUT2D eigenvalue weighted by Gasteiger charge is -2.36. The van der Waals surface area contributed by atoms with Crippen LogP contribution in [0.15, 0.2) is 42.5 Å². The molecule has 0 aliphatic carbocycles. The molecule has 0 saturated carbocycles. The summed E-state index contributed by atoms with van der Waals surface area (Å²) in [5, 5.41) is 12.7. The predicted octanol–water partition coefficient (Wildman–Crippen LogP) is 4.27. The molecule has 0 fully saturated rings. The number of rotatable bonds is 5. The number of halogens is 3. The van der Waals surface area contributed by atoms with Gasteiger partial charge >= 0.3 is 12.1 Å². The molecule has 1 unspecified atom stereocenters. The van der Waals surface area contributed by atoms with Crippen LogP contribution in [0.3, 0.4) is 0 Å². The molecule has 0 spiro atoms. The number of esters is 1. The van der Waals surface area contributed by atoms with Gasteiger partial charge < -0.3 is 15.2 Å². The van der Waals surface area contributed by atoms with Crippen LogP contribution in [0.5, 0.6) is 0 Å². The third-order valence-corrected chi connectivity index (χ3v) is 5.28. The second-order valence-corrected chi connectivity index (χ2v) is 8.19. The predicted molar refractivity (Wildman–Crippen MR) is 104 cm³/mol. The van der Waals surface area contributed by atoms with Crippen LogP contribution in [0.2, 0.25) is 0 Å². The Hall–Kier alpha value is -2.87. The Morgan fingerprint density at radius 3 is 2.50 bits per heavy atom. The van der Waals surface area contributed by atoms with Crippen LogP contribution >= 0.6 is 0 Å². The molecule has 0 bridgehead atoms. The minimum atomic E-state index is -5.20. The molecule has 1 heterocycles. The van der Waals surface area contributed by atoms with Crippen LogP contribution in [0, 0.1) is 6.92 Å². The number of nitrogens with one attached hydrogen (secondary N) is 1. The van der Waals surface area contributed by atoms with E-state index in [0.717, 1.165) is 5.56 Å². The third kappa shape index (κ3) is 4.05. The second-order valence-electron chi connectivity index (χ2n) is 8.19. The normalized spacial score (nSPS) is 15.9. The molecular weight excluding hydrogens is 399 g/mol. The highest BCUT2D eigenvalue weighted by Gasteiger charge is 2.61. The van der Waals surface area contributed by atoms with Crippen molar-refractivity contribution in [3.63, 3.8) is 0 Å². The van der Waals surface area contributed by atoms with Crippen LogP contribution in [0.25, 0.3) is 0 Å². The summed E-state index contributed by atoms with van der Waals surface area (Å²) in [5.74, 6) is -2.12.